The lowest BCUT2D eigenvalue weighted by Gasteiger charge is -2.35. The lowest BCUT2D eigenvalue weighted by Crippen LogP contribution is -2.49. The molecule has 7 nitrogen and oxygen atoms in total. The first kappa shape index (κ1) is 21.8. The second-order valence-corrected chi connectivity index (χ2v) is 7.25. The van der Waals surface area contributed by atoms with E-state index in [9.17, 15) is 4.79 Å². The molecule has 162 valence electrons. The average molecular weight is 415 g/mol. The number of piperazine rings is 1. The highest BCUT2D eigenvalue weighted by Crippen LogP contribution is 2.40. The van der Waals surface area contributed by atoms with Crippen LogP contribution in [0.3, 0.4) is 0 Å². The molecule has 0 radical (unpaired) electrons. The Hall–Kier alpha value is -2.93. The molecule has 0 aliphatic carbocycles. The Morgan fingerprint density at radius 1 is 0.867 bits per heavy atom. The lowest BCUT2D eigenvalue weighted by atomic mass is 10.1. The first-order valence-corrected chi connectivity index (χ1v) is 10.0. The van der Waals surface area contributed by atoms with E-state index in [0.29, 0.717) is 42.6 Å². The van der Waals surface area contributed by atoms with E-state index in [0.717, 1.165) is 24.2 Å². The number of hydrogen-bond donors (Lipinski definition) is 0. The van der Waals surface area contributed by atoms with Gasteiger partial charge in [0.25, 0.3) is 5.91 Å². The van der Waals surface area contributed by atoms with E-state index in [4.69, 9.17) is 18.9 Å². The third-order valence-corrected chi connectivity index (χ3v) is 5.29. The molecule has 0 unspecified atom stereocenters. The fraction of sp³-hybridized carbons (Fsp3) is 0.435. The number of carbonyl (C=O) groups is 1. The van der Waals surface area contributed by atoms with Gasteiger partial charge in [0.15, 0.2) is 18.1 Å². The Labute approximate surface area is 178 Å². The molecule has 0 aromatic heterocycles. The van der Waals surface area contributed by atoms with Gasteiger partial charge in [-0.2, -0.15) is 0 Å². The fourth-order valence-corrected chi connectivity index (χ4v) is 3.55. The molecule has 1 aliphatic heterocycles. The summed E-state index contributed by atoms with van der Waals surface area (Å²) in [6.07, 6.45) is 0. The van der Waals surface area contributed by atoms with Gasteiger partial charge in [-0.25, -0.2) is 0 Å². The molecule has 0 N–H and O–H groups in total. The van der Waals surface area contributed by atoms with Crippen molar-refractivity contribution in [3.8, 4) is 23.0 Å². The molecule has 30 heavy (non-hydrogen) atoms. The van der Waals surface area contributed by atoms with Crippen molar-refractivity contribution in [1.82, 2.24) is 9.80 Å². The lowest BCUT2D eigenvalue weighted by molar-refractivity contribution is -0.135. The van der Waals surface area contributed by atoms with Crippen molar-refractivity contribution in [3.63, 3.8) is 0 Å². The summed E-state index contributed by atoms with van der Waals surface area (Å²) in [5.74, 6) is 2.65. The van der Waals surface area contributed by atoms with Gasteiger partial charge in [-0.3, -0.25) is 9.69 Å². The average Bonchev–Trinajstić information content (AvgIpc) is 2.78. The number of aryl methyl sites for hydroxylation is 1. The van der Waals surface area contributed by atoms with E-state index in [1.165, 1.54) is 0 Å². The molecule has 7 heteroatoms. The summed E-state index contributed by atoms with van der Waals surface area (Å²) >= 11 is 0. The van der Waals surface area contributed by atoms with Crippen molar-refractivity contribution in [2.75, 3.05) is 54.1 Å². The zero-order valence-corrected chi connectivity index (χ0v) is 18.1. The van der Waals surface area contributed by atoms with Gasteiger partial charge in [-0.05, 0) is 25.1 Å². The Balaban J connectivity index is 1.53. The van der Waals surface area contributed by atoms with E-state index in [-0.39, 0.29) is 12.5 Å². The number of carbonyl (C=O) groups excluding carboxylic acids is 1. The second-order valence-electron chi connectivity index (χ2n) is 7.25. The molecule has 2 aromatic carbocycles. The third-order valence-electron chi connectivity index (χ3n) is 5.29. The van der Waals surface area contributed by atoms with Crippen molar-refractivity contribution in [3.05, 3.63) is 47.5 Å². The van der Waals surface area contributed by atoms with Gasteiger partial charge in [0.05, 0.1) is 21.3 Å². The van der Waals surface area contributed by atoms with Crippen LogP contribution < -0.4 is 18.9 Å². The van der Waals surface area contributed by atoms with Crippen LogP contribution in [-0.4, -0.2) is 69.8 Å². The normalized spacial score (nSPS) is 14.3. The van der Waals surface area contributed by atoms with Gasteiger partial charge in [-0.15, -0.1) is 0 Å². The minimum Gasteiger partial charge on any atom is -0.493 e. The predicted octanol–water partition coefficient (Wildman–Crippen LogP) is 2.74. The van der Waals surface area contributed by atoms with E-state index in [1.54, 1.807) is 21.3 Å². The van der Waals surface area contributed by atoms with Crippen molar-refractivity contribution < 1.29 is 23.7 Å². The van der Waals surface area contributed by atoms with Crippen LogP contribution in [0.2, 0.25) is 0 Å². The number of hydrogen-bond acceptors (Lipinski definition) is 6. The molecule has 1 saturated heterocycles. The minimum atomic E-state index is 0.0129. The van der Waals surface area contributed by atoms with Crippen LogP contribution in [0.25, 0.3) is 0 Å². The van der Waals surface area contributed by atoms with Gasteiger partial charge >= 0.3 is 0 Å². The minimum absolute atomic E-state index is 0.0129. The van der Waals surface area contributed by atoms with E-state index in [1.807, 2.05) is 48.2 Å². The summed E-state index contributed by atoms with van der Waals surface area (Å²) in [4.78, 5) is 16.6. The van der Waals surface area contributed by atoms with Crippen LogP contribution in [-0.2, 0) is 11.3 Å². The van der Waals surface area contributed by atoms with E-state index < -0.39 is 0 Å². The SMILES string of the molecule is COc1ccc(CN2CCN(C(=O)COc3ccc(C)cc3)CC2)c(OC)c1OC. The molecule has 0 saturated carbocycles. The zero-order valence-electron chi connectivity index (χ0n) is 18.1. The Kier molecular flexibility index (Phi) is 7.41. The largest absolute Gasteiger partial charge is 0.493 e. The predicted molar refractivity (Wildman–Crippen MR) is 115 cm³/mol. The second kappa shape index (κ2) is 10.2. The Morgan fingerprint density at radius 3 is 2.13 bits per heavy atom. The molecule has 1 amide bonds. The first-order chi connectivity index (χ1) is 14.5. The smallest absolute Gasteiger partial charge is 0.260 e. The highest BCUT2D eigenvalue weighted by molar-refractivity contribution is 5.77. The molecule has 3 rings (SSSR count). The van der Waals surface area contributed by atoms with Crippen LogP contribution in [0.5, 0.6) is 23.0 Å². The van der Waals surface area contributed by atoms with Crippen molar-refractivity contribution in [2.45, 2.75) is 13.5 Å². The van der Waals surface area contributed by atoms with E-state index >= 15 is 0 Å². The quantitative estimate of drug-likeness (QED) is 0.662. The van der Waals surface area contributed by atoms with Gasteiger partial charge in [0, 0.05) is 38.3 Å². The summed E-state index contributed by atoms with van der Waals surface area (Å²) in [5.41, 5.74) is 2.19. The fourth-order valence-electron chi connectivity index (χ4n) is 3.55. The number of amides is 1. The van der Waals surface area contributed by atoms with Gasteiger partial charge in [0.1, 0.15) is 5.75 Å². The van der Waals surface area contributed by atoms with E-state index in [2.05, 4.69) is 4.90 Å². The molecular weight excluding hydrogens is 384 g/mol. The highest BCUT2D eigenvalue weighted by atomic mass is 16.5. The van der Waals surface area contributed by atoms with Crippen molar-refractivity contribution >= 4 is 5.91 Å². The Morgan fingerprint density at radius 2 is 1.53 bits per heavy atom. The third kappa shape index (κ3) is 5.16. The van der Waals surface area contributed by atoms with Gasteiger partial charge < -0.3 is 23.8 Å². The van der Waals surface area contributed by atoms with Gasteiger partial charge in [0.2, 0.25) is 5.75 Å². The van der Waals surface area contributed by atoms with Crippen molar-refractivity contribution in [2.24, 2.45) is 0 Å². The molecule has 1 fully saturated rings. The summed E-state index contributed by atoms with van der Waals surface area (Å²) in [6, 6.07) is 11.6. The van der Waals surface area contributed by atoms with Crippen LogP contribution in [0.15, 0.2) is 36.4 Å². The molecular formula is C23H30N2O5. The summed E-state index contributed by atoms with van der Waals surface area (Å²) in [5, 5.41) is 0. The number of nitrogens with zero attached hydrogens (tertiary/aromatic N) is 2. The van der Waals surface area contributed by atoms with Gasteiger partial charge in [-0.1, -0.05) is 23.8 Å². The number of ether oxygens (including phenoxy) is 4. The van der Waals surface area contributed by atoms with Crippen LogP contribution in [0.4, 0.5) is 0 Å². The number of methoxy groups -OCH3 is 3. The molecule has 0 atom stereocenters. The topological polar surface area (TPSA) is 60.5 Å². The zero-order chi connectivity index (χ0) is 21.5. The van der Waals surface area contributed by atoms with Crippen LogP contribution >= 0.6 is 0 Å². The molecule has 0 bridgehead atoms. The highest BCUT2D eigenvalue weighted by Gasteiger charge is 2.23. The maximum absolute atomic E-state index is 12.5. The number of rotatable bonds is 8. The summed E-state index contributed by atoms with van der Waals surface area (Å²) in [6.45, 7) is 5.71. The molecule has 0 spiro atoms. The van der Waals surface area contributed by atoms with Crippen molar-refractivity contribution in [1.29, 1.82) is 0 Å². The maximum atomic E-state index is 12.5. The standard InChI is InChI=1S/C23H30N2O5/c1-17-5-8-19(9-6-17)30-16-21(26)25-13-11-24(12-14-25)15-18-7-10-20(27-2)23(29-4)22(18)28-3/h5-10H,11-16H2,1-4H3. The van der Waals surface area contributed by atoms with Crippen LogP contribution in [0.1, 0.15) is 11.1 Å². The summed E-state index contributed by atoms with van der Waals surface area (Å²) in [7, 11) is 4.84. The molecule has 2 aromatic rings. The molecule has 1 aliphatic rings. The first-order valence-electron chi connectivity index (χ1n) is 10.0. The molecule has 1 heterocycles. The maximum Gasteiger partial charge on any atom is 0.260 e. The monoisotopic (exact) mass is 414 g/mol. The van der Waals surface area contributed by atoms with Crippen LogP contribution in [0, 0.1) is 6.92 Å². The number of benzene rings is 2. The summed E-state index contributed by atoms with van der Waals surface area (Å²) < 4.78 is 22.0. The Bertz CT molecular complexity index is 845.